The van der Waals surface area contributed by atoms with E-state index in [1.165, 1.54) is 18.4 Å². The molecular formula is C17H25O8P. The van der Waals surface area contributed by atoms with Gasteiger partial charge in [-0.25, -0.2) is 4.79 Å². The Morgan fingerprint density at radius 3 is 2.19 bits per heavy atom. The van der Waals surface area contributed by atoms with Gasteiger partial charge in [-0.15, -0.1) is 0 Å². The average Bonchev–Trinajstić information content (AvgIpc) is 3.05. The van der Waals surface area contributed by atoms with E-state index in [9.17, 15) is 14.2 Å². The molecule has 1 rings (SSSR count). The summed E-state index contributed by atoms with van der Waals surface area (Å²) < 4.78 is 39.2. The van der Waals surface area contributed by atoms with Crippen molar-refractivity contribution in [2.45, 2.75) is 34.1 Å². The van der Waals surface area contributed by atoms with E-state index in [1.807, 2.05) is 0 Å². The molecule has 0 atom stereocenters. The van der Waals surface area contributed by atoms with Crippen LogP contribution in [0.15, 0.2) is 22.8 Å². The van der Waals surface area contributed by atoms with Gasteiger partial charge in [0.25, 0.3) is 0 Å². The van der Waals surface area contributed by atoms with Crippen molar-refractivity contribution in [1.82, 2.24) is 0 Å². The second kappa shape index (κ2) is 11.0. The first-order valence-electron chi connectivity index (χ1n) is 8.43. The molecule has 0 saturated heterocycles. The van der Waals surface area contributed by atoms with Crippen LogP contribution in [-0.4, -0.2) is 38.4 Å². The topological polar surface area (TPSA) is 101 Å². The summed E-state index contributed by atoms with van der Waals surface area (Å²) in [5.74, 6) is -1.18. The number of hydrogen-bond acceptors (Lipinski definition) is 8. The Balaban J connectivity index is 3.39. The normalized spacial score (nSPS) is 12.1. The smallest absolute Gasteiger partial charge is 0.364 e. The molecule has 146 valence electrons. The highest BCUT2D eigenvalue weighted by Gasteiger charge is 2.36. The Bertz CT molecular complexity index is 666. The Morgan fingerprint density at radius 2 is 1.65 bits per heavy atom. The lowest BCUT2D eigenvalue weighted by atomic mass is 10.2. The van der Waals surface area contributed by atoms with Crippen LogP contribution in [-0.2, 0) is 27.9 Å². The van der Waals surface area contributed by atoms with Crippen molar-refractivity contribution in [2.75, 3.05) is 26.4 Å². The summed E-state index contributed by atoms with van der Waals surface area (Å²) in [5, 5.41) is -0.0118. The fourth-order valence-corrected chi connectivity index (χ4v) is 3.89. The van der Waals surface area contributed by atoms with Crippen LogP contribution in [0.1, 0.15) is 50.2 Å². The summed E-state index contributed by atoms with van der Waals surface area (Å²) in [6.07, 6.45) is 2.42. The van der Waals surface area contributed by atoms with Gasteiger partial charge in [0, 0.05) is 0 Å². The number of hydrogen-bond donors (Lipinski definition) is 0. The van der Waals surface area contributed by atoms with Gasteiger partial charge in [-0.05, 0) is 33.8 Å². The number of esters is 2. The largest absolute Gasteiger partial charge is 0.466 e. The van der Waals surface area contributed by atoms with E-state index in [-0.39, 0.29) is 49.5 Å². The van der Waals surface area contributed by atoms with Gasteiger partial charge in [-0.3, -0.25) is 9.36 Å². The van der Waals surface area contributed by atoms with Crippen molar-refractivity contribution in [3.05, 3.63) is 29.7 Å². The minimum Gasteiger partial charge on any atom is -0.466 e. The summed E-state index contributed by atoms with van der Waals surface area (Å²) in [6, 6.07) is 1.40. The highest BCUT2D eigenvalue weighted by molar-refractivity contribution is 7.65. The van der Waals surface area contributed by atoms with Crippen LogP contribution < -0.4 is 0 Å². The zero-order valence-corrected chi connectivity index (χ0v) is 16.4. The fourth-order valence-electron chi connectivity index (χ4n) is 2.12. The molecule has 0 fully saturated rings. The maximum absolute atomic E-state index is 13.2. The molecule has 0 aliphatic heterocycles. The molecule has 0 saturated carbocycles. The van der Waals surface area contributed by atoms with Crippen LogP contribution >= 0.6 is 7.60 Å². The lowest BCUT2D eigenvalue weighted by Crippen LogP contribution is -2.08. The summed E-state index contributed by atoms with van der Waals surface area (Å²) in [6.45, 7) is 7.24. The first kappa shape index (κ1) is 22.2. The van der Waals surface area contributed by atoms with Crippen LogP contribution in [0.3, 0.4) is 0 Å². The van der Waals surface area contributed by atoms with E-state index in [4.69, 9.17) is 22.9 Å². The van der Waals surface area contributed by atoms with Gasteiger partial charge in [-0.1, -0.05) is 6.08 Å². The van der Waals surface area contributed by atoms with Crippen molar-refractivity contribution in [3.63, 3.8) is 0 Å². The van der Waals surface area contributed by atoms with Crippen LogP contribution in [0.4, 0.5) is 0 Å². The molecule has 9 heteroatoms. The minimum atomic E-state index is -3.83. The number of carbonyl (C=O) groups is 2. The third kappa shape index (κ3) is 5.83. The zero-order valence-electron chi connectivity index (χ0n) is 15.5. The van der Waals surface area contributed by atoms with E-state index in [1.54, 1.807) is 27.7 Å². The molecule has 1 heterocycles. The summed E-state index contributed by atoms with van der Waals surface area (Å²) in [5.41, 5.74) is 0.0709. The van der Waals surface area contributed by atoms with Gasteiger partial charge in [0.2, 0.25) is 0 Å². The molecule has 1 aromatic rings. The third-order valence-corrected chi connectivity index (χ3v) is 5.23. The van der Waals surface area contributed by atoms with Crippen LogP contribution in [0.5, 0.6) is 0 Å². The molecule has 26 heavy (non-hydrogen) atoms. The minimum absolute atomic E-state index is 0.0118. The van der Waals surface area contributed by atoms with Crippen LogP contribution in [0.2, 0.25) is 0 Å². The third-order valence-electron chi connectivity index (χ3n) is 3.05. The van der Waals surface area contributed by atoms with Crippen LogP contribution in [0, 0.1) is 0 Å². The van der Waals surface area contributed by atoms with E-state index < -0.39 is 19.5 Å². The summed E-state index contributed by atoms with van der Waals surface area (Å²) in [4.78, 5) is 23.9. The van der Waals surface area contributed by atoms with Crippen molar-refractivity contribution in [3.8, 4) is 0 Å². The molecule has 0 N–H and O–H groups in total. The molecule has 0 bridgehead atoms. The van der Waals surface area contributed by atoms with Crippen molar-refractivity contribution in [2.24, 2.45) is 0 Å². The predicted molar refractivity (Wildman–Crippen MR) is 94.8 cm³/mol. The van der Waals surface area contributed by atoms with Crippen molar-refractivity contribution >= 4 is 24.8 Å². The molecule has 0 aliphatic carbocycles. The zero-order chi connectivity index (χ0) is 19.6. The van der Waals surface area contributed by atoms with E-state index in [0.29, 0.717) is 0 Å². The predicted octanol–water partition coefficient (Wildman–Crippen LogP) is 4.02. The Morgan fingerprint density at radius 1 is 1.04 bits per heavy atom. The second-order valence-electron chi connectivity index (χ2n) is 4.82. The molecule has 0 amide bonds. The number of rotatable bonds is 11. The molecule has 1 aromatic heterocycles. The summed E-state index contributed by atoms with van der Waals surface area (Å²) >= 11 is 0. The maximum atomic E-state index is 13.2. The fraction of sp³-hybridized carbons (Fsp3) is 0.529. The maximum Gasteiger partial charge on any atom is 0.364 e. The molecule has 0 aromatic carbocycles. The average molecular weight is 388 g/mol. The van der Waals surface area contributed by atoms with E-state index >= 15 is 0 Å². The Labute approximate surface area is 153 Å². The van der Waals surface area contributed by atoms with Gasteiger partial charge >= 0.3 is 19.5 Å². The standard InChI is InChI=1S/C17H25O8P/c1-5-21-15(18)10-9-14(26(20,24-7-3)25-8-4)16-13(11-12-23-16)17(19)22-6-2/h9,11-12H,5-8,10H2,1-4H3/b14-9+. The first-order valence-corrected chi connectivity index (χ1v) is 9.98. The highest BCUT2D eigenvalue weighted by Crippen LogP contribution is 2.61. The van der Waals surface area contributed by atoms with Gasteiger partial charge in [0.05, 0.1) is 39.1 Å². The molecular weight excluding hydrogens is 363 g/mol. The van der Waals surface area contributed by atoms with Crippen molar-refractivity contribution in [1.29, 1.82) is 0 Å². The summed E-state index contributed by atoms with van der Waals surface area (Å²) in [7, 11) is -3.83. The second-order valence-corrected chi connectivity index (χ2v) is 6.81. The Hall–Kier alpha value is -1.89. The number of ether oxygens (including phenoxy) is 2. The van der Waals surface area contributed by atoms with Gasteiger partial charge in [0.15, 0.2) is 5.76 Å². The van der Waals surface area contributed by atoms with Gasteiger partial charge in [-0.2, -0.15) is 0 Å². The first-order chi connectivity index (χ1) is 12.4. The van der Waals surface area contributed by atoms with Crippen molar-refractivity contribution < 1.29 is 37.1 Å². The molecule has 0 unspecified atom stereocenters. The monoisotopic (exact) mass is 388 g/mol. The molecule has 0 radical (unpaired) electrons. The SMILES string of the molecule is CCOC(=O)C/C=C(\c1occc1C(=O)OCC)P(=O)(OCC)OCC. The molecule has 0 aliphatic rings. The quantitative estimate of drug-likeness (QED) is 0.414. The Kier molecular flexibility index (Phi) is 9.34. The van der Waals surface area contributed by atoms with Gasteiger partial charge < -0.3 is 22.9 Å². The molecule has 0 spiro atoms. The highest BCUT2D eigenvalue weighted by atomic mass is 31.2. The number of carbonyl (C=O) groups excluding carboxylic acids is 2. The van der Waals surface area contributed by atoms with E-state index in [2.05, 4.69) is 0 Å². The molecule has 8 nitrogen and oxygen atoms in total. The lowest BCUT2D eigenvalue weighted by molar-refractivity contribution is -0.142. The van der Waals surface area contributed by atoms with Gasteiger partial charge in [0.1, 0.15) is 10.9 Å². The lowest BCUT2D eigenvalue weighted by Gasteiger charge is -2.19. The van der Waals surface area contributed by atoms with E-state index in [0.717, 1.165) is 0 Å². The number of furan rings is 1. The van der Waals surface area contributed by atoms with Crippen LogP contribution in [0.25, 0.3) is 5.31 Å².